The first-order valence-electron chi connectivity index (χ1n) is 8.64. The molecule has 27 heavy (non-hydrogen) atoms. The summed E-state index contributed by atoms with van der Waals surface area (Å²) in [6.45, 7) is 0.394. The van der Waals surface area contributed by atoms with Crippen LogP contribution in [0.4, 0.5) is 0 Å². The van der Waals surface area contributed by atoms with E-state index < -0.39 is 0 Å². The highest BCUT2D eigenvalue weighted by Gasteiger charge is 2.10. The first-order chi connectivity index (χ1) is 13.2. The number of hydrogen-bond acceptors (Lipinski definition) is 4. The van der Waals surface area contributed by atoms with Crippen LogP contribution in [0.15, 0.2) is 77.5 Å². The Morgan fingerprint density at radius 2 is 1.85 bits per heavy atom. The van der Waals surface area contributed by atoms with Crippen molar-refractivity contribution in [2.45, 2.75) is 13.2 Å². The van der Waals surface area contributed by atoms with Crippen molar-refractivity contribution in [3.05, 3.63) is 89.8 Å². The molecule has 0 aliphatic heterocycles. The zero-order valence-corrected chi connectivity index (χ0v) is 14.6. The van der Waals surface area contributed by atoms with Crippen molar-refractivity contribution in [1.82, 2.24) is 10.3 Å². The smallest absolute Gasteiger partial charge is 0.251 e. The summed E-state index contributed by atoms with van der Waals surface area (Å²) in [5.74, 6) is -0.148. The molecule has 5 nitrogen and oxygen atoms in total. The maximum atomic E-state index is 12.4. The molecule has 0 spiro atoms. The van der Waals surface area contributed by atoms with Crippen molar-refractivity contribution in [3.8, 4) is 11.3 Å². The normalized spacial score (nSPS) is 10.9. The quantitative estimate of drug-likeness (QED) is 0.567. The Morgan fingerprint density at radius 1 is 1.04 bits per heavy atom. The van der Waals surface area contributed by atoms with Crippen LogP contribution in [0.5, 0.6) is 0 Å². The van der Waals surface area contributed by atoms with E-state index in [-0.39, 0.29) is 12.5 Å². The van der Waals surface area contributed by atoms with Crippen LogP contribution in [0, 0.1) is 0 Å². The minimum Gasteiger partial charge on any atom is -0.464 e. The lowest BCUT2D eigenvalue weighted by molar-refractivity contribution is 0.0951. The van der Waals surface area contributed by atoms with E-state index in [1.165, 1.54) is 0 Å². The summed E-state index contributed by atoms with van der Waals surface area (Å²) in [5, 5.41) is 13.0. The number of aliphatic hydroxyl groups excluding tert-OH is 1. The average molecular weight is 358 g/mol. The van der Waals surface area contributed by atoms with Crippen molar-refractivity contribution in [2.24, 2.45) is 0 Å². The largest absolute Gasteiger partial charge is 0.464 e. The number of aliphatic hydroxyl groups is 1. The second-order valence-electron chi connectivity index (χ2n) is 6.23. The lowest BCUT2D eigenvalue weighted by Crippen LogP contribution is -2.22. The van der Waals surface area contributed by atoms with E-state index in [2.05, 4.69) is 10.3 Å². The van der Waals surface area contributed by atoms with Crippen LogP contribution in [-0.2, 0) is 13.2 Å². The Balaban J connectivity index is 1.48. The molecule has 0 saturated heterocycles. The van der Waals surface area contributed by atoms with Gasteiger partial charge in [-0.05, 0) is 35.4 Å². The standard InChI is InChI=1S/C22H18N2O3/c25-14-16-3-1-2-15(12-16)13-24-22(26)18-6-4-17(5-7-18)21-19-9-11-27-20(19)8-10-23-21/h1-12,25H,13-14H2,(H,24,26). The number of furan rings is 1. The third-order valence-electron chi connectivity index (χ3n) is 4.43. The summed E-state index contributed by atoms with van der Waals surface area (Å²) in [4.78, 5) is 16.8. The molecule has 2 heterocycles. The van der Waals surface area contributed by atoms with E-state index >= 15 is 0 Å². The van der Waals surface area contributed by atoms with Crippen LogP contribution < -0.4 is 5.32 Å². The molecular weight excluding hydrogens is 340 g/mol. The highest BCUT2D eigenvalue weighted by molar-refractivity contribution is 5.96. The first kappa shape index (κ1) is 17.0. The van der Waals surface area contributed by atoms with E-state index in [0.717, 1.165) is 33.4 Å². The van der Waals surface area contributed by atoms with Gasteiger partial charge in [0.2, 0.25) is 0 Å². The summed E-state index contributed by atoms with van der Waals surface area (Å²) in [5.41, 5.74) is 4.89. The lowest BCUT2D eigenvalue weighted by atomic mass is 10.1. The van der Waals surface area contributed by atoms with Gasteiger partial charge in [0.1, 0.15) is 5.58 Å². The summed E-state index contributed by atoms with van der Waals surface area (Å²) in [6, 6.07) is 18.6. The summed E-state index contributed by atoms with van der Waals surface area (Å²) >= 11 is 0. The second kappa shape index (κ2) is 7.43. The first-order valence-corrected chi connectivity index (χ1v) is 8.64. The lowest BCUT2D eigenvalue weighted by Gasteiger charge is -2.08. The van der Waals surface area contributed by atoms with Crippen LogP contribution >= 0.6 is 0 Å². The number of carbonyl (C=O) groups is 1. The fourth-order valence-corrected chi connectivity index (χ4v) is 3.03. The highest BCUT2D eigenvalue weighted by atomic mass is 16.3. The van der Waals surface area contributed by atoms with E-state index in [9.17, 15) is 9.90 Å². The molecule has 2 aromatic heterocycles. The van der Waals surface area contributed by atoms with Crippen molar-refractivity contribution in [3.63, 3.8) is 0 Å². The van der Waals surface area contributed by atoms with Gasteiger partial charge < -0.3 is 14.8 Å². The predicted molar refractivity (Wildman–Crippen MR) is 103 cm³/mol. The molecule has 2 aromatic carbocycles. The van der Waals surface area contributed by atoms with Gasteiger partial charge in [-0.3, -0.25) is 9.78 Å². The van der Waals surface area contributed by atoms with Gasteiger partial charge in [-0.2, -0.15) is 0 Å². The maximum absolute atomic E-state index is 12.4. The fourth-order valence-electron chi connectivity index (χ4n) is 3.03. The number of nitrogens with one attached hydrogen (secondary N) is 1. The zero-order valence-electron chi connectivity index (χ0n) is 14.6. The maximum Gasteiger partial charge on any atom is 0.251 e. The highest BCUT2D eigenvalue weighted by Crippen LogP contribution is 2.27. The van der Waals surface area contributed by atoms with Crippen LogP contribution in [-0.4, -0.2) is 16.0 Å². The third-order valence-corrected chi connectivity index (χ3v) is 4.43. The minimum atomic E-state index is -0.148. The minimum absolute atomic E-state index is 0.0132. The Kier molecular flexibility index (Phi) is 4.68. The predicted octanol–water partition coefficient (Wildman–Crippen LogP) is 3.92. The summed E-state index contributed by atoms with van der Waals surface area (Å²) in [7, 11) is 0. The van der Waals surface area contributed by atoms with E-state index in [1.54, 1.807) is 24.6 Å². The molecule has 134 valence electrons. The van der Waals surface area contributed by atoms with E-state index in [4.69, 9.17) is 4.42 Å². The average Bonchev–Trinajstić information content (AvgIpc) is 3.21. The molecule has 4 aromatic rings. The number of aromatic nitrogens is 1. The van der Waals surface area contributed by atoms with Crippen LogP contribution in [0.25, 0.3) is 22.2 Å². The van der Waals surface area contributed by atoms with Crippen LogP contribution in [0.3, 0.4) is 0 Å². The zero-order chi connectivity index (χ0) is 18.6. The molecule has 0 aliphatic rings. The van der Waals surface area contributed by atoms with Gasteiger partial charge in [0.05, 0.1) is 18.6 Å². The molecule has 2 N–H and O–H groups in total. The third kappa shape index (κ3) is 3.59. The van der Waals surface area contributed by atoms with Gasteiger partial charge in [-0.1, -0.05) is 36.4 Å². The number of amides is 1. The Bertz CT molecular complexity index is 1080. The summed E-state index contributed by atoms with van der Waals surface area (Å²) in [6.07, 6.45) is 3.35. The van der Waals surface area contributed by atoms with Gasteiger partial charge in [0.25, 0.3) is 5.91 Å². The number of carbonyl (C=O) groups excluding carboxylic acids is 1. The van der Waals surface area contributed by atoms with Crippen molar-refractivity contribution in [2.75, 3.05) is 0 Å². The van der Waals surface area contributed by atoms with Gasteiger partial charge in [-0.25, -0.2) is 0 Å². The molecule has 0 fully saturated rings. The molecule has 0 unspecified atom stereocenters. The Morgan fingerprint density at radius 3 is 2.67 bits per heavy atom. The molecule has 0 aliphatic carbocycles. The Labute approximate surface area is 156 Å². The van der Waals surface area contributed by atoms with Gasteiger partial charge in [0, 0.05) is 29.3 Å². The van der Waals surface area contributed by atoms with Gasteiger partial charge in [-0.15, -0.1) is 0 Å². The van der Waals surface area contributed by atoms with Crippen molar-refractivity contribution in [1.29, 1.82) is 0 Å². The molecule has 0 bridgehead atoms. The SMILES string of the molecule is O=C(NCc1cccc(CO)c1)c1ccc(-c2nccc3occc23)cc1. The number of benzene rings is 2. The number of hydrogen-bond donors (Lipinski definition) is 2. The Hall–Kier alpha value is -3.44. The number of rotatable bonds is 5. The molecule has 1 amide bonds. The topological polar surface area (TPSA) is 75.4 Å². The molecule has 0 atom stereocenters. The number of nitrogens with zero attached hydrogens (tertiary/aromatic N) is 1. The molecule has 0 radical (unpaired) electrons. The monoisotopic (exact) mass is 358 g/mol. The number of fused-ring (bicyclic) bond motifs is 1. The van der Waals surface area contributed by atoms with E-state index in [1.807, 2.05) is 48.5 Å². The number of pyridine rings is 1. The molecule has 4 rings (SSSR count). The van der Waals surface area contributed by atoms with E-state index in [0.29, 0.717) is 12.1 Å². The van der Waals surface area contributed by atoms with Crippen molar-refractivity contribution >= 4 is 16.9 Å². The molecule has 0 saturated carbocycles. The second-order valence-corrected chi connectivity index (χ2v) is 6.23. The van der Waals surface area contributed by atoms with Crippen LogP contribution in [0.2, 0.25) is 0 Å². The summed E-state index contributed by atoms with van der Waals surface area (Å²) < 4.78 is 5.41. The van der Waals surface area contributed by atoms with Crippen LogP contribution in [0.1, 0.15) is 21.5 Å². The molecular formula is C22H18N2O3. The van der Waals surface area contributed by atoms with Gasteiger partial charge >= 0.3 is 0 Å². The molecule has 5 heteroatoms. The van der Waals surface area contributed by atoms with Gasteiger partial charge in [0.15, 0.2) is 0 Å². The van der Waals surface area contributed by atoms with Crippen molar-refractivity contribution < 1.29 is 14.3 Å². The fraction of sp³-hybridized carbons (Fsp3) is 0.0909.